The molecule has 0 aromatic heterocycles. The first kappa shape index (κ1) is 54.2. The molecule has 0 saturated heterocycles. The fourth-order valence-electron chi connectivity index (χ4n) is 14.1. The van der Waals surface area contributed by atoms with Crippen molar-refractivity contribution in [1.82, 2.24) is 0 Å². The Hall–Kier alpha value is -12.0. The second kappa shape index (κ2) is 23.2. The molecule has 0 heterocycles. The molecule has 0 aliphatic rings. The molecule has 0 radical (unpaired) electrons. The van der Waals surface area contributed by atoms with Crippen LogP contribution in [-0.2, 0) is 0 Å². The van der Waals surface area contributed by atoms with Gasteiger partial charge in [0.1, 0.15) is 0 Å². The number of hydrogen-bond donors (Lipinski definition) is 0. The van der Waals surface area contributed by atoms with Gasteiger partial charge in [-0.1, -0.05) is 243 Å². The van der Waals surface area contributed by atoms with Crippen LogP contribution in [0.3, 0.4) is 0 Å². The van der Waals surface area contributed by atoms with E-state index in [0.29, 0.717) is 0 Å². The minimum atomic E-state index is 1.16. The molecule has 92 heavy (non-hydrogen) atoms. The molecule has 17 rings (SSSR count). The zero-order valence-corrected chi connectivity index (χ0v) is 50.6. The number of fused-ring (bicyclic) bond motifs is 2. The molecule has 0 atom stereocenters. The van der Waals surface area contributed by atoms with E-state index < -0.39 is 0 Å². The molecule has 0 heteroatoms. The van der Waals surface area contributed by atoms with E-state index in [4.69, 9.17) is 0 Å². The highest BCUT2D eigenvalue weighted by Crippen LogP contribution is 2.49. The Morgan fingerprint density at radius 3 is 0.359 bits per heavy atom. The Morgan fingerprint density at radius 2 is 0.217 bits per heavy atom. The van der Waals surface area contributed by atoms with E-state index in [1.807, 2.05) is 0 Å². The first-order chi connectivity index (χ1) is 45.5. The molecule has 0 aliphatic carbocycles. The number of benzene rings is 17. The van der Waals surface area contributed by atoms with Crippen LogP contribution in [0.2, 0.25) is 0 Å². The maximum absolute atomic E-state index is 2.51. The van der Waals surface area contributed by atoms with Crippen molar-refractivity contribution < 1.29 is 0 Å². The van der Waals surface area contributed by atoms with Crippen molar-refractivity contribution in [2.75, 3.05) is 0 Å². The van der Waals surface area contributed by atoms with Gasteiger partial charge in [0, 0.05) is 0 Å². The Kier molecular flexibility index (Phi) is 13.7. The summed E-state index contributed by atoms with van der Waals surface area (Å²) in [4.78, 5) is 0. The Morgan fingerprint density at radius 1 is 0.0978 bits per heavy atom. The molecule has 0 N–H and O–H groups in total. The van der Waals surface area contributed by atoms with Crippen LogP contribution in [0, 0.1) is 0 Å². The van der Waals surface area contributed by atoms with E-state index >= 15 is 0 Å². The molecule has 428 valence electrons. The lowest BCUT2D eigenvalue weighted by atomic mass is 9.82. The van der Waals surface area contributed by atoms with Crippen molar-refractivity contribution in [3.8, 4) is 134 Å². The molecular formula is C92H60. The summed E-state index contributed by atoms with van der Waals surface area (Å²) in [6, 6.07) is 135. The van der Waals surface area contributed by atoms with E-state index in [-0.39, 0.29) is 0 Å². The predicted octanol–water partition coefficient (Wildman–Crippen LogP) is 25.7. The quantitative estimate of drug-likeness (QED) is 0.0845. The van der Waals surface area contributed by atoms with Gasteiger partial charge in [-0.25, -0.2) is 0 Å². The second-order valence-electron chi connectivity index (χ2n) is 24.4. The van der Waals surface area contributed by atoms with Gasteiger partial charge < -0.3 is 0 Å². The minimum absolute atomic E-state index is 1.16. The predicted molar refractivity (Wildman–Crippen MR) is 393 cm³/mol. The molecule has 0 unspecified atom stereocenters. The fraction of sp³-hybridized carbons (Fsp3) is 0. The van der Waals surface area contributed by atoms with Crippen molar-refractivity contribution in [2.24, 2.45) is 0 Å². The summed E-state index contributed by atoms with van der Waals surface area (Å²) in [7, 11) is 0. The van der Waals surface area contributed by atoms with E-state index in [1.54, 1.807) is 0 Å². The largest absolute Gasteiger partial charge is 0.0622 e. The molecule has 0 amide bonds. The van der Waals surface area contributed by atoms with Crippen molar-refractivity contribution in [2.45, 2.75) is 0 Å². The zero-order valence-electron chi connectivity index (χ0n) is 50.6. The van der Waals surface area contributed by atoms with E-state index in [0.717, 1.165) is 44.5 Å². The molecule has 0 bridgehead atoms. The standard InChI is InChI=1S/C92H60/c1-9-25-61(26-10-1)69-41-70(62-27-11-2-12-28-62)46-77(45-69)81-53-85-54-82(78-47-71(63-29-13-3-14-30-63)42-72(48-78)64-31-15-4-16-32-64)59-89-90-60-84(80-51-75(67-37-21-7-22-38-67)44-76(52-80)68-39-23-8-24-40-68)56-86-55-83(58-88(92(86)90)87(57-81)91(85)89)79-49-73(65-33-17-5-18-34-65)43-74(50-79)66-35-19-6-20-36-66/h1-60H. The molecule has 17 aromatic rings. The summed E-state index contributed by atoms with van der Waals surface area (Å²) in [5.41, 5.74) is 28.2. The van der Waals surface area contributed by atoms with Gasteiger partial charge in [0.25, 0.3) is 0 Å². The van der Waals surface area contributed by atoms with Gasteiger partial charge in [0.05, 0.1) is 0 Å². The first-order valence-corrected chi connectivity index (χ1v) is 31.8. The third kappa shape index (κ3) is 10.3. The molecule has 0 spiro atoms. The van der Waals surface area contributed by atoms with Crippen LogP contribution in [0.15, 0.2) is 364 Å². The maximum Gasteiger partial charge on any atom is -0.00255 e. The highest BCUT2D eigenvalue weighted by atomic mass is 14.3. The normalized spacial score (nSPS) is 11.5. The van der Waals surface area contributed by atoms with E-state index in [9.17, 15) is 0 Å². The SMILES string of the molecule is c1ccc(-c2cc(-c3ccccc3)cc(-c3cc4cc(-c5cc(-c6ccccc6)cc(-c6ccccc6)c5)cc5c6cc(-c7cc(-c8ccccc8)cc(-c8ccccc8)c7)cc7cc(-c8cc(-c9ccccc9)cc(-c9ccccc9)c8)cc(c(c3)c45)c76)c2)cc1. The van der Waals surface area contributed by atoms with Gasteiger partial charge in [-0.05, 0) is 298 Å². The lowest BCUT2D eigenvalue weighted by Gasteiger charge is -2.21. The van der Waals surface area contributed by atoms with Crippen LogP contribution in [0.4, 0.5) is 0 Å². The Balaban J connectivity index is 1.01. The van der Waals surface area contributed by atoms with Crippen molar-refractivity contribution in [3.05, 3.63) is 364 Å². The minimum Gasteiger partial charge on any atom is -0.0622 e. The monoisotopic (exact) mass is 1160 g/mol. The summed E-state index contributed by atoms with van der Waals surface area (Å²) in [6.45, 7) is 0. The van der Waals surface area contributed by atoms with E-state index in [2.05, 4.69) is 364 Å². The first-order valence-electron chi connectivity index (χ1n) is 31.8. The molecule has 0 saturated carbocycles. The summed E-state index contributed by atoms with van der Waals surface area (Å²) >= 11 is 0. The van der Waals surface area contributed by atoms with Gasteiger partial charge >= 0.3 is 0 Å². The average Bonchev–Trinajstić information content (AvgIpc) is 0.718. The second-order valence-corrected chi connectivity index (χ2v) is 24.4. The van der Waals surface area contributed by atoms with Crippen LogP contribution in [0.1, 0.15) is 0 Å². The highest BCUT2D eigenvalue weighted by Gasteiger charge is 2.22. The van der Waals surface area contributed by atoms with Gasteiger partial charge in [-0.15, -0.1) is 0 Å². The third-order valence-corrected chi connectivity index (χ3v) is 18.6. The summed E-state index contributed by atoms with van der Waals surface area (Å²) < 4.78 is 0. The van der Waals surface area contributed by atoms with Crippen LogP contribution < -0.4 is 0 Å². The summed E-state index contributed by atoms with van der Waals surface area (Å²) in [5.74, 6) is 0. The van der Waals surface area contributed by atoms with Crippen LogP contribution in [0.5, 0.6) is 0 Å². The van der Waals surface area contributed by atoms with Crippen LogP contribution in [0.25, 0.3) is 177 Å². The van der Waals surface area contributed by atoms with E-state index in [1.165, 1.54) is 132 Å². The van der Waals surface area contributed by atoms with Crippen molar-refractivity contribution >= 4 is 43.1 Å². The number of hydrogen-bond acceptors (Lipinski definition) is 0. The van der Waals surface area contributed by atoms with Crippen LogP contribution >= 0.6 is 0 Å². The zero-order chi connectivity index (χ0) is 60.9. The highest BCUT2D eigenvalue weighted by molar-refractivity contribution is 6.35. The van der Waals surface area contributed by atoms with Gasteiger partial charge in [0.15, 0.2) is 0 Å². The van der Waals surface area contributed by atoms with Gasteiger partial charge in [-0.3, -0.25) is 0 Å². The Bertz CT molecular complexity index is 4620. The van der Waals surface area contributed by atoms with Gasteiger partial charge in [-0.2, -0.15) is 0 Å². The maximum atomic E-state index is 2.51. The third-order valence-electron chi connectivity index (χ3n) is 18.6. The molecule has 0 nitrogen and oxygen atoms in total. The number of rotatable bonds is 12. The Labute approximate surface area is 537 Å². The van der Waals surface area contributed by atoms with Crippen molar-refractivity contribution in [1.29, 1.82) is 0 Å². The summed E-state index contributed by atoms with van der Waals surface area (Å²) in [6.07, 6.45) is 0. The van der Waals surface area contributed by atoms with Crippen molar-refractivity contribution in [3.63, 3.8) is 0 Å². The molecule has 0 aliphatic heterocycles. The van der Waals surface area contributed by atoms with Gasteiger partial charge in [0.2, 0.25) is 0 Å². The smallest absolute Gasteiger partial charge is 0.00255 e. The lowest BCUT2D eigenvalue weighted by molar-refractivity contribution is 1.57. The fourth-order valence-corrected chi connectivity index (χ4v) is 14.1. The molecule has 17 aromatic carbocycles. The molecular weight excluding hydrogens is 1110 g/mol. The summed E-state index contributed by atoms with van der Waals surface area (Å²) in [5, 5.41) is 9.76. The molecule has 0 fully saturated rings. The van der Waals surface area contributed by atoms with Crippen LogP contribution in [-0.4, -0.2) is 0 Å². The topological polar surface area (TPSA) is 0 Å². The lowest BCUT2D eigenvalue weighted by Crippen LogP contribution is -1.94. The average molecular weight is 1170 g/mol.